The monoisotopic (exact) mass is 285 g/mol. The van der Waals surface area contributed by atoms with E-state index >= 15 is 0 Å². The fraction of sp³-hybridized carbons (Fsp3) is 0.188. The van der Waals surface area contributed by atoms with E-state index < -0.39 is 6.10 Å². The Kier molecular flexibility index (Phi) is 3.51. The first kappa shape index (κ1) is 13.2. The van der Waals surface area contributed by atoms with Crippen LogP contribution >= 0.6 is 11.8 Å². The Hall–Kier alpha value is -1.78. The Labute approximate surface area is 122 Å². The second kappa shape index (κ2) is 5.31. The Morgan fingerprint density at radius 1 is 1.25 bits per heavy atom. The van der Waals surface area contributed by atoms with E-state index in [0.717, 1.165) is 16.3 Å². The lowest BCUT2D eigenvalue weighted by molar-refractivity contribution is -0.123. The van der Waals surface area contributed by atoms with Crippen molar-refractivity contribution in [2.75, 3.05) is 5.32 Å². The van der Waals surface area contributed by atoms with E-state index in [2.05, 4.69) is 36.5 Å². The van der Waals surface area contributed by atoms with Gasteiger partial charge in [-0.2, -0.15) is 0 Å². The number of aliphatic hydroxyl groups is 1. The first-order valence-electron chi connectivity index (χ1n) is 6.45. The summed E-state index contributed by atoms with van der Waals surface area (Å²) in [5.74, 6) is 0.539. The fourth-order valence-electron chi connectivity index (χ4n) is 2.28. The van der Waals surface area contributed by atoms with Crippen LogP contribution in [0, 0.1) is 6.92 Å². The molecule has 3 nitrogen and oxygen atoms in total. The van der Waals surface area contributed by atoms with Crippen molar-refractivity contribution < 1.29 is 9.90 Å². The molecule has 0 fully saturated rings. The molecule has 4 heteroatoms. The SMILES string of the molecule is Cc1cccc(CSc2ccc3c(c2)NC(=O)C3O)c1. The summed E-state index contributed by atoms with van der Waals surface area (Å²) in [7, 11) is 0. The summed E-state index contributed by atoms with van der Waals surface area (Å²) >= 11 is 1.72. The predicted molar refractivity (Wildman–Crippen MR) is 80.8 cm³/mol. The van der Waals surface area contributed by atoms with Crippen molar-refractivity contribution >= 4 is 23.4 Å². The Morgan fingerprint density at radius 2 is 2.10 bits per heavy atom. The van der Waals surface area contributed by atoms with Gasteiger partial charge in [-0.25, -0.2) is 0 Å². The summed E-state index contributed by atoms with van der Waals surface area (Å²) in [6.07, 6.45) is -1.03. The molecule has 1 amide bonds. The zero-order valence-electron chi connectivity index (χ0n) is 11.1. The van der Waals surface area contributed by atoms with Gasteiger partial charge in [-0.05, 0) is 24.6 Å². The Balaban J connectivity index is 1.74. The number of nitrogens with one attached hydrogen (secondary N) is 1. The highest BCUT2D eigenvalue weighted by atomic mass is 32.2. The molecule has 0 bridgehead atoms. The van der Waals surface area contributed by atoms with E-state index in [1.165, 1.54) is 11.1 Å². The number of anilines is 1. The van der Waals surface area contributed by atoms with E-state index in [9.17, 15) is 9.90 Å². The molecular formula is C16H15NO2S. The van der Waals surface area contributed by atoms with Crippen molar-refractivity contribution in [2.24, 2.45) is 0 Å². The highest BCUT2D eigenvalue weighted by molar-refractivity contribution is 7.98. The molecule has 102 valence electrons. The van der Waals surface area contributed by atoms with Gasteiger partial charge in [-0.3, -0.25) is 4.79 Å². The lowest BCUT2D eigenvalue weighted by atomic mass is 10.1. The van der Waals surface area contributed by atoms with Crippen LogP contribution in [0.15, 0.2) is 47.4 Å². The van der Waals surface area contributed by atoms with Crippen LogP contribution in [-0.4, -0.2) is 11.0 Å². The molecule has 1 aliphatic heterocycles. The summed E-state index contributed by atoms with van der Waals surface area (Å²) in [5, 5.41) is 12.4. The van der Waals surface area contributed by atoms with Crippen molar-refractivity contribution in [3.8, 4) is 0 Å². The average Bonchev–Trinajstić information content (AvgIpc) is 2.72. The highest BCUT2D eigenvalue weighted by Gasteiger charge is 2.28. The molecule has 1 aliphatic rings. The zero-order chi connectivity index (χ0) is 14.1. The minimum absolute atomic E-state index is 0.346. The highest BCUT2D eigenvalue weighted by Crippen LogP contribution is 2.34. The van der Waals surface area contributed by atoms with Crippen LogP contribution in [0.1, 0.15) is 22.8 Å². The number of rotatable bonds is 3. The van der Waals surface area contributed by atoms with Gasteiger partial charge in [-0.15, -0.1) is 11.8 Å². The molecule has 0 aliphatic carbocycles. The largest absolute Gasteiger partial charge is 0.378 e. The average molecular weight is 285 g/mol. The van der Waals surface area contributed by atoms with Crippen LogP contribution in [0.2, 0.25) is 0 Å². The number of benzene rings is 2. The molecule has 0 saturated heterocycles. The molecule has 0 aromatic heterocycles. The first-order valence-corrected chi connectivity index (χ1v) is 7.43. The van der Waals surface area contributed by atoms with Gasteiger partial charge in [0.05, 0.1) is 0 Å². The van der Waals surface area contributed by atoms with E-state index in [0.29, 0.717) is 5.56 Å². The standard InChI is InChI=1S/C16H15NO2S/c1-10-3-2-4-11(7-10)9-20-12-5-6-13-14(8-12)17-16(19)15(13)18/h2-8,15,18H,9H2,1H3,(H,17,19). The van der Waals surface area contributed by atoms with Crippen LogP contribution in [0.25, 0.3) is 0 Å². The number of fused-ring (bicyclic) bond motifs is 1. The van der Waals surface area contributed by atoms with Crippen LogP contribution < -0.4 is 5.32 Å². The molecule has 2 N–H and O–H groups in total. The molecule has 1 atom stereocenters. The van der Waals surface area contributed by atoms with Gasteiger partial charge in [0.2, 0.25) is 0 Å². The van der Waals surface area contributed by atoms with Gasteiger partial charge in [0.15, 0.2) is 6.10 Å². The van der Waals surface area contributed by atoms with E-state index in [1.54, 1.807) is 11.8 Å². The van der Waals surface area contributed by atoms with E-state index in [1.807, 2.05) is 18.2 Å². The topological polar surface area (TPSA) is 49.3 Å². The molecule has 20 heavy (non-hydrogen) atoms. The van der Waals surface area contributed by atoms with Gasteiger partial charge in [-0.1, -0.05) is 35.9 Å². The normalized spacial score (nSPS) is 16.9. The number of carbonyl (C=O) groups is 1. The fourth-order valence-corrected chi connectivity index (χ4v) is 3.16. The molecule has 3 rings (SSSR count). The summed E-state index contributed by atoms with van der Waals surface area (Å²) in [6, 6.07) is 14.1. The minimum atomic E-state index is -1.03. The maximum absolute atomic E-state index is 11.4. The van der Waals surface area contributed by atoms with Crippen molar-refractivity contribution in [3.63, 3.8) is 0 Å². The quantitative estimate of drug-likeness (QED) is 0.851. The van der Waals surface area contributed by atoms with Gasteiger partial charge in [0, 0.05) is 21.9 Å². The van der Waals surface area contributed by atoms with Crippen molar-refractivity contribution in [1.29, 1.82) is 0 Å². The number of aryl methyl sites for hydroxylation is 1. The lowest BCUT2D eigenvalue weighted by Crippen LogP contribution is -2.10. The molecule has 2 aromatic rings. The van der Waals surface area contributed by atoms with Crippen molar-refractivity contribution in [2.45, 2.75) is 23.7 Å². The molecular weight excluding hydrogens is 270 g/mol. The molecule has 1 heterocycles. The Bertz CT molecular complexity index is 669. The third-order valence-electron chi connectivity index (χ3n) is 3.31. The van der Waals surface area contributed by atoms with E-state index in [-0.39, 0.29) is 5.91 Å². The molecule has 0 radical (unpaired) electrons. The van der Waals surface area contributed by atoms with Crippen LogP contribution in [0.3, 0.4) is 0 Å². The molecule has 1 unspecified atom stereocenters. The van der Waals surface area contributed by atoms with Crippen LogP contribution in [-0.2, 0) is 10.5 Å². The summed E-state index contributed by atoms with van der Waals surface area (Å²) in [4.78, 5) is 12.5. The number of amides is 1. The third kappa shape index (κ3) is 2.57. The number of hydrogen-bond donors (Lipinski definition) is 2. The number of carbonyl (C=O) groups excluding carboxylic acids is 1. The van der Waals surface area contributed by atoms with Gasteiger partial charge >= 0.3 is 0 Å². The lowest BCUT2D eigenvalue weighted by Gasteiger charge is -2.06. The van der Waals surface area contributed by atoms with Crippen LogP contribution in [0.5, 0.6) is 0 Å². The predicted octanol–water partition coefficient (Wildman–Crippen LogP) is 3.27. The van der Waals surface area contributed by atoms with Crippen LogP contribution in [0.4, 0.5) is 5.69 Å². The smallest absolute Gasteiger partial charge is 0.257 e. The van der Waals surface area contributed by atoms with Gasteiger partial charge in [0.25, 0.3) is 5.91 Å². The summed E-state index contributed by atoms with van der Waals surface area (Å²) in [5.41, 5.74) is 3.92. The number of aliphatic hydroxyl groups excluding tert-OH is 1. The van der Waals surface area contributed by atoms with Crippen molar-refractivity contribution in [1.82, 2.24) is 0 Å². The maximum atomic E-state index is 11.4. The second-order valence-corrected chi connectivity index (χ2v) is 5.97. The molecule has 2 aromatic carbocycles. The third-order valence-corrected chi connectivity index (χ3v) is 4.38. The summed E-state index contributed by atoms with van der Waals surface area (Å²) in [6.45, 7) is 2.08. The molecule has 0 spiro atoms. The Morgan fingerprint density at radius 3 is 2.90 bits per heavy atom. The van der Waals surface area contributed by atoms with Crippen molar-refractivity contribution in [3.05, 3.63) is 59.2 Å². The zero-order valence-corrected chi connectivity index (χ0v) is 11.9. The maximum Gasteiger partial charge on any atom is 0.257 e. The second-order valence-electron chi connectivity index (χ2n) is 4.92. The van der Waals surface area contributed by atoms with Gasteiger partial charge in [0.1, 0.15) is 0 Å². The minimum Gasteiger partial charge on any atom is -0.378 e. The molecule has 0 saturated carbocycles. The van der Waals surface area contributed by atoms with Gasteiger partial charge < -0.3 is 10.4 Å². The van der Waals surface area contributed by atoms with E-state index in [4.69, 9.17) is 0 Å². The summed E-state index contributed by atoms with van der Waals surface area (Å²) < 4.78 is 0. The number of hydrogen-bond acceptors (Lipinski definition) is 3. The number of thioether (sulfide) groups is 1. The first-order chi connectivity index (χ1) is 9.63.